The highest BCUT2D eigenvalue weighted by atomic mass is 16.5. The van der Waals surface area contributed by atoms with Crippen molar-refractivity contribution in [1.82, 2.24) is 0 Å². The van der Waals surface area contributed by atoms with Crippen LogP contribution in [0.15, 0.2) is 12.2 Å². The molecule has 0 aromatic heterocycles. The predicted molar refractivity (Wildman–Crippen MR) is 114 cm³/mol. The van der Waals surface area contributed by atoms with E-state index in [2.05, 4.69) is 26.0 Å². The minimum Gasteiger partial charge on any atom is -0.381 e. The summed E-state index contributed by atoms with van der Waals surface area (Å²) in [5, 5.41) is 0. The maximum atomic E-state index is 5.52. The molecule has 1 nitrogen and oxygen atoms in total. The summed E-state index contributed by atoms with van der Waals surface area (Å²) in [5.74, 6) is 0. The van der Waals surface area contributed by atoms with Gasteiger partial charge in [0, 0.05) is 7.11 Å². The standard InChI is InChI=1S/C24H48O/c1-4-6-7-8-9-10-11-12-13-14-15-16-17-18-19-20-21-23-24(25-3)22-5-2/h4,6,24H,5,7-23H2,1-3H3. The fourth-order valence-electron chi connectivity index (χ4n) is 3.62. The van der Waals surface area contributed by atoms with Crippen molar-refractivity contribution < 1.29 is 4.74 Å². The van der Waals surface area contributed by atoms with Gasteiger partial charge < -0.3 is 4.74 Å². The molecule has 25 heavy (non-hydrogen) atoms. The Balaban J connectivity index is 3.09. The zero-order valence-electron chi connectivity index (χ0n) is 17.9. The molecule has 0 N–H and O–H groups in total. The molecule has 0 aromatic rings. The molecular formula is C24H48O. The molecule has 0 spiro atoms. The van der Waals surface area contributed by atoms with E-state index < -0.39 is 0 Å². The summed E-state index contributed by atoms with van der Waals surface area (Å²) < 4.78 is 5.52. The first kappa shape index (κ1) is 24.7. The van der Waals surface area contributed by atoms with Gasteiger partial charge in [-0.3, -0.25) is 0 Å². The van der Waals surface area contributed by atoms with E-state index in [4.69, 9.17) is 4.74 Å². The Morgan fingerprint density at radius 3 is 1.48 bits per heavy atom. The van der Waals surface area contributed by atoms with Crippen LogP contribution in [0.3, 0.4) is 0 Å². The van der Waals surface area contributed by atoms with Crippen molar-refractivity contribution in [2.75, 3.05) is 7.11 Å². The van der Waals surface area contributed by atoms with Crippen molar-refractivity contribution in [2.45, 2.75) is 136 Å². The Morgan fingerprint density at radius 1 is 0.640 bits per heavy atom. The molecular weight excluding hydrogens is 304 g/mol. The van der Waals surface area contributed by atoms with Gasteiger partial charge in [-0.05, 0) is 32.6 Å². The molecule has 0 heterocycles. The summed E-state index contributed by atoms with van der Waals surface area (Å²) in [7, 11) is 1.87. The van der Waals surface area contributed by atoms with Gasteiger partial charge in [-0.2, -0.15) is 0 Å². The molecule has 0 aromatic carbocycles. The van der Waals surface area contributed by atoms with Crippen molar-refractivity contribution in [2.24, 2.45) is 0 Å². The van der Waals surface area contributed by atoms with Gasteiger partial charge in [-0.25, -0.2) is 0 Å². The molecule has 0 saturated carbocycles. The van der Waals surface area contributed by atoms with E-state index in [1.54, 1.807) is 0 Å². The zero-order chi connectivity index (χ0) is 18.4. The third-order valence-corrected chi connectivity index (χ3v) is 5.33. The maximum Gasteiger partial charge on any atom is 0.0571 e. The Labute approximate surface area is 160 Å². The summed E-state index contributed by atoms with van der Waals surface area (Å²) >= 11 is 0. The normalized spacial score (nSPS) is 12.9. The van der Waals surface area contributed by atoms with Crippen LogP contribution in [0.1, 0.15) is 129 Å². The summed E-state index contributed by atoms with van der Waals surface area (Å²) in [4.78, 5) is 0. The van der Waals surface area contributed by atoms with Gasteiger partial charge in [0.15, 0.2) is 0 Å². The van der Waals surface area contributed by atoms with Crippen LogP contribution in [0, 0.1) is 0 Å². The Bertz CT molecular complexity index is 259. The lowest BCUT2D eigenvalue weighted by atomic mass is 10.0. The van der Waals surface area contributed by atoms with Gasteiger partial charge in [0.05, 0.1) is 6.10 Å². The van der Waals surface area contributed by atoms with E-state index in [1.807, 2.05) is 7.11 Å². The Morgan fingerprint density at radius 2 is 1.08 bits per heavy atom. The van der Waals surface area contributed by atoms with Gasteiger partial charge in [0.1, 0.15) is 0 Å². The number of unbranched alkanes of at least 4 members (excludes halogenated alkanes) is 14. The fraction of sp³-hybridized carbons (Fsp3) is 0.917. The van der Waals surface area contributed by atoms with Crippen molar-refractivity contribution in [3.8, 4) is 0 Å². The molecule has 0 aliphatic rings. The molecule has 0 fully saturated rings. The van der Waals surface area contributed by atoms with Gasteiger partial charge in [0.25, 0.3) is 0 Å². The SMILES string of the molecule is CC=CCCCCCCCCCCCCCCCCC(CCC)OC. The third kappa shape index (κ3) is 19.9. The minimum atomic E-state index is 0.512. The minimum absolute atomic E-state index is 0.512. The van der Waals surface area contributed by atoms with Crippen molar-refractivity contribution in [1.29, 1.82) is 0 Å². The van der Waals surface area contributed by atoms with Crippen LogP contribution in [-0.2, 0) is 4.74 Å². The Kier molecular flexibility index (Phi) is 21.5. The molecule has 0 amide bonds. The molecule has 0 aliphatic carbocycles. The second-order valence-corrected chi connectivity index (χ2v) is 7.74. The first-order valence-electron chi connectivity index (χ1n) is 11.5. The van der Waals surface area contributed by atoms with Crippen molar-refractivity contribution >= 4 is 0 Å². The molecule has 0 bridgehead atoms. The lowest BCUT2D eigenvalue weighted by molar-refractivity contribution is 0.0849. The first-order valence-corrected chi connectivity index (χ1v) is 11.5. The highest BCUT2D eigenvalue weighted by molar-refractivity contribution is 4.76. The molecule has 0 saturated heterocycles. The first-order chi connectivity index (χ1) is 12.3. The number of hydrogen-bond donors (Lipinski definition) is 0. The molecule has 0 aliphatic heterocycles. The largest absolute Gasteiger partial charge is 0.381 e. The molecule has 1 heteroatoms. The van der Waals surface area contributed by atoms with Crippen molar-refractivity contribution in [3.05, 3.63) is 12.2 Å². The van der Waals surface area contributed by atoms with Crippen LogP contribution in [0.4, 0.5) is 0 Å². The average molecular weight is 353 g/mol. The Hall–Kier alpha value is -0.300. The number of rotatable bonds is 20. The van der Waals surface area contributed by atoms with Crippen LogP contribution in [-0.4, -0.2) is 13.2 Å². The van der Waals surface area contributed by atoms with Crippen LogP contribution < -0.4 is 0 Å². The van der Waals surface area contributed by atoms with Crippen LogP contribution >= 0.6 is 0 Å². The third-order valence-electron chi connectivity index (χ3n) is 5.33. The number of methoxy groups -OCH3 is 1. The van der Waals surface area contributed by atoms with Gasteiger partial charge in [-0.1, -0.05) is 109 Å². The van der Waals surface area contributed by atoms with Crippen LogP contribution in [0.25, 0.3) is 0 Å². The summed E-state index contributed by atoms with van der Waals surface area (Å²) in [6, 6.07) is 0. The molecule has 0 rings (SSSR count). The van der Waals surface area contributed by atoms with E-state index in [0.29, 0.717) is 6.10 Å². The number of hydrogen-bond acceptors (Lipinski definition) is 1. The zero-order valence-corrected chi connectivity index (χ0v) is 17.9. The number of ether oxygens (including phenoxy) is 1. The molecule has 1 atom stereocenters. The van der Waals surface area contributed by atoms with Gasteiger partial charge >= 0.3 is 0 Å². The van der Waals surface area contributed by atoms with Gasteiger partial charge in [-0.15, -0.1) is 0 Å². The molecule has 150 valence electrons. The van der Waals surface area contributed by atoms with E-state index >= 15 is 0 Å². The lowest BCUT2D eigenvalue weighted by Crippen LogP contribution is -2.09. The second-order valence-electron chi connectivity index (χ2n) is 7.74. The topological polar surface area (TPSA) is 9.23 Å². The smallest absolute Gasteiger partial charge is 0.0571 e. The predicted octanol–water partition coefficient (Wildman–Crippen LogP) is 8.62. The summed E-state index contributed by atoms with van der Waals surface area (Å²) in [5.41, 5.74) is 0. The second kappa shape index (κ2) is 21.7. The highest BCUT2D eigenvalue weighted by Gasteiger charge is 2.04. The molecule has 0 radical (unpaired) electrons. The van der Waals surface area contributed by atoms with Crippen molar-refractivity contribution in [3.63, 3.8) is 0 Å². The molecule has 1 unspecified atom stereocenters. The van der Waals surface area contributed by atoms with E-state index in [9.17, 15) is 0 Å². The highest BCUT2D eigenvalue weighted by Crippen LogP contribution is 2.15. The summed E-state index contributed by atoms with van der Waals surface area (Å²) in [6.45, 7) is 4.37. The van der Waals surface area contributed by atoms with Gasteiger partial charge in [0.2, 0.25) is 0 Å². The fourth-order valence-corrected chi connectivity index (χ4v) is 3.62. The van der Waals surface area contributed by atoms with E-state index in [0.717, 1.165) is 0 Å². The van der Waals surface area contributed by atoms with E-state index in [-0.39, 0.29) is 0 Å². The maximum absolute atomic E-state index is 5.52. The van der Waals surface area contributed by atoms with E-state index in [1.165, 1.54) is 116 Å². The quantitative estimate of drug-likeness (QED) is 0.157. The van der Waals surface area contributed by atoms with Crippen LogP contribution in [0.5, 0.6) is 0 Å². The lowest BCUT2D eigenvalue weighted by Gasteiger charge is -2.13. The monoisotopic (exact) mass is 352 g/mol. The number of allylic oxidation sites excluding steroid dienone is 2. The average Bonchev–Trinajstić information content (AvgIpc) is 2.63. The summed E-state index contributed by atoms with van der Waals surface area (Å²) in [6.07, 6.45) is 30.1. The van der Waals surface area contributed by atoms with Crippen LogP contribution in [0.2, 0.25) is 0 Å².